The van der Waals surface area contributed by atoms with Gasteiger partial charge in [-0.05, 0) is 31.8 Å². The SMILES string of the molecule is C#CC(=O)/C(=C/C(=C\C)[N+](=O)[O-])CCCC. The Morgan fingerprint density at radius 2 is 2.19 bits per heavy atom. The van der Waals surface area contributed by atoms with Crippen molar-refractivity contribution in [3.05, 3.63) is 33.5 Å². The zero-order chi connectivity index (χ0) is 12.6. The zero-order valence-electron chi connectivity index (χ0n) is 9.53. The van der Waals surface area contributed by atoms with Crippen LogP contribution in [0.3, 0.4) is 0 Å². The van der Waals surface area contributed by atoms with Crippen molar-refractivity contribution in [1.29, 1.82) is 0 Å². The summed E-state index contributed by atoms with van der Waals surface area (Å²) in [6, 6.07) is 0. The van der Waals surface area contributed by atoms with E-state index in [9.17, 15) is 14.9 Å². The summed E-state index contributed by atoms with van der Waals surface area (Å²) in [5.41, 5.74) is 0.226. The maximum absolute atomic E-state index is 11.3. The molecule has 4 heteroatoms. The second-order valence-electron chi connectivity index (χ2n) is 3.22. The summed E-state index contributed by atoms with van der Waals surface area (Å²) < 4.78 is 0. The van der Waals surface area contributed by atoms with Crippen molar-refractivity contribution < 1.29 is 9.72 Å². The summed E-state index contributed by atoms with van der Waals surface area (Å²) >= 11 is 0. The molecule has 0 aliphatic heterocycles. The Morgan fingerprint density at radius 1 is 1.56 bits per heavy atom. The van der Waals surface area contributed by atoms with Crippen molar-refractivity contribution in [3.63, 3.8) is 0 Å². The Balaban J connectivity index is 5.02. The van der Waals surface area contributed by atoms with E-state index in [0.29, 0.717) is 12.0 Å². The third-order valence-electron chi connectivity index (χ3n) is 2.05. The lowest BCUT2D eigenvalue weighted by Crippen LogP contribution is -2.03. The fourth-order valence-electron chi connectivity index (χ4n) is 1.13. The third kappa shape index (κ3) is 4.56. The molecule has 0 aliphatic carbocycles. The first-order chi connectivity index (χ1) is 7.56. The molecular weight excluding hydrogens is 206 g/mol. The molecule has 0 heterocycles. The molecule has 86 valence electrons. The summed E-state index contributed by atoms with van der Waals surface area (Å²) in [4.78, 5) is 21.4. The van der Waals surface area contributed by atoms with Crippen LogP contribution in [-0.4, -0.2) is 10.7 Å². The number of unbranched alkanes of at least 4 members (excludes halogenated alkanes) is 1. The Hall–Kier alpha value is -1.89. The van der Waals surface area contributed by atoms with Crippen LogP contribution in [0.2, 0.25) is 0 Å². The number of hydrogen-bond acceptors (Lipinski definition) is 3. The van der Waals surface area contributed by atoms with Gasteiger partial charge in [-0.1, -0.05) is 13.3 Å². The van der Waals surface area contributed by atoms with E-state index in [1.807, 2.05) is 12.8 Å². The van der Waals surface area contributed by atoms with E-state index in [0.717, 1.165) is 12.8 Å². The first-order valence-electron chi connectivity index (χ1n) is 5.09. The molecule has 0 fully saturated rings. The van der Waals surface area contributed by atoms with E-state index in [-0.39, 0.29) is 5.70 Å². The van der Waals surface area contributed by atoms with Gasteiger partial charge in [0.2, 0.25) is 5.78 Å². The van der Waals surface area contributed by atoms with Crippen LogP contribution in [0.25, 0.3) is 0 Å². The van der Waals surface area contributed by atoms with Crippen LogP contribution in [0.15, 0.2) is 23.4 Å². The van der Waals surface area contributed by atoms with Crippen LogP contribution in [0.1, 0.15) is 33.1 Å². The maximum Gasteiger partial charge on any atom is 0.265 e. The normalized spacial score (nSPS) is 12.1. The van der Waals surface area contributed by atoms with E-state index in [4.69, 9.17) is 6.42 Å². The van der Waals surface area contributed by atoms with Crippen molar-refractivity contribution >= 4 is 5.78 Å². The molecule has 4 nitrogen and oxygen atoms in total. The lowest BCUT2D eigenvalue weighted by atomic mass is 10.0. The highest BCUT2D eigenvalue weighted by molar-refractivity contribution is 6.08. The van der Waals surface area contributed by atoms with Gasteiger partial charge in [-0.25, -0.2) is 0 Å². The molecule has 0 aromatic rings. The van der Waals surface area contributed by atoms with Crippen LogP contribution in [0.4, 0.5) is 0 Å². The molecule has 0 saturated heterocycles. The van der Waals surface area contributed by atoms with E-state index in [1.54, 1.807) is 6.92 Å². The number of nitrogens with zero attached hydrogens (tertiary/aromatic N) is 1. The number of Topliss-reactive ketones (excluding diaryl/α,β-unsaturated/α-hetero) is 1. The standard InChI is InChI=1S/C12H15NO3/c1-4-7-8-10(12(14)6-3)9-11(5-2)13(15)16/h3,5,9H,4,7-8H2,1-2H3/b10-9+,11-5+. The van der Waals surface area contributed by atoms with Crippen molar-refractivity contribution in [2.75, 3.05) is 0 Å². The summed E-state index contributed by atoms with van der Waals surface area (Å²) in [6.07, 6.45) is 9.78. The zero-order valence-corrected chi connectivity index (χ0v) is 9.53. The van der Waals surface area contributed by atoms with Crippen molar-refractivity contribution in [2.24, 2.45) is 0 Å². The van der Waals surface area contributed by atoms with Crippen molar-refractivity contribution in [1.82, 2.24) is 0 Å². The van der Waals surface area contributed by atoms with Gasteiger partial charge in [-0.3, -0.25) is 14.9 Å². The highest BCUT2D eigenvalue weighted by Crippen LogP contribution is 2.12. The Morgan fingerprint density at radius 3 is 2.56 bits per heavy atom. The molecule has 0 radical (unpaired) electrons. The van der Waals surface area contributed by atoms with Crippen LogP contribution < -0.4 is 0 Å². The van der Waals surface area contributed by atoms with Gasteiger partial charge in [0.05, 0.1) is 4.92 Å². The summed E-state index contributed by atoms with van der Waals surface area (Å²) in [7, 11) is 0. The molecule has 0 N–H and O–H groups in total. The van der Waals surface area contributed by atoms with Gasteiger partial charge in [-0.15, -0.1) is 6.42 Å². The smallest absolute Gasteiger partial charge is 0.265 e. The number of ketones is 1. The Labute approximate surface area is 95.2 Å². The van der Waals surface area contributed by atoms with E-state index >= 15 is 0 Å². The van der Waals surface area contributed by atoms with E-state index in [2.05, 4.69) is 0 Å². The van der Waals surface area contributed by atoms with Crippen LogP contribution in [0, 0.1) is 22.5 Å². The van der Waals surface area contributed by atoms with Crippen molar-refractivity contribution in [3.8, 4) is 12.3 Å². The minimum Gasteiger partial charge on any atom is -0.280 e. The van der Waals surface area contributed by atoms with Gasteiger partial charge in [0.15, 0.2) is 0 Å². The number of hydrogen-bond donors (Lipinski definition) is 0. The lowest BCUT2D eigenvalue weighted by Gasteiger charge is -2.00. The van der Waals surface area contributed by atoms with E-state index in [1.165, 1.54) is 12.2 Å². The van der Waals surface area contributed by atoms with E-state index < -0.39 is 10.7 Å². The Bertz CT molecular complexity index is 372. The molecule has 0 atom stereocenters. The monoisotopic (exact) mass is 221 g/mol. The minimum absolute atomic E-state index is 0.102. The number of nitro groups is 1. The molecule has 0 aliphatic rings. The van der Waals surface area contributed by atoms with Crippen LogP contribution in [0.5, 0.6) is 0 Å². The number of carbonyl (C=O) groups excluding carboxylic acids is 1. The number of allylic oxidation sites excluding steroid dienone is 3. The largest absolute Gasteiger partial charge is 0.280 e. The van der Waals surface area contributed by atoms with Gasteiger partial charge in [0.1, 0.15) is 0 Å². The van der Waals surface area contributed by atoms with Gasteiger partial charge in [-0.2, -0.15) is 0 Å². The highest BCUT2D eigenvalue weighted by atomic mass is 16.6. The fourth-order valence-corrected chi connectivity index (χ4v) is 1.13. The van der Waals surface area contributed by atoms with Crippen LogP contribution in [-0.2, 0) is 4.79 Å². The molecular formula is C12H15NO3. The quantitative estimate of drug-likeness (QED) is 0.173. The number of carbonyl (C=O) groups is 1. The van der Waals surface area contributed by atoms with Gasteiger partial charge < -0.3 is 0 Å². The van der Waals surface area contributed by atoms with Gasteiger partial charge >= 0.3 is 0 Å². The molecule has 0 aromatic carbocycles. The molecule has 0 amide bonds. The molecule has 0 bridgehead atoms. The molecule has 0 spiro atoms. The predicted octanol–water partition coefficient (Wildman–Crippen LogP) is 2.49. The number of terminal acetylenes is 1. The lowest BCUT2D eigenvalue weighted by molar-refractivity contribution is -0.419. The molecule has 0 saturated carbocycles. The highest BCUT2D eigenvalue weighted by Gasteiger charge is 2.12. The van der Waals surface area contributed by atoms with Crippen LogP contribution >= 0.6 is 0 Å². The molecule has 0 aromatic heterocycles. The van der Waals surface area contributed by atoms with Crippen molar-refractivity contribution in [2.45, 2.75) is 33.1 Å². The minimum atomic E-state index is -0.532. The summed E-state index contributed by atoms with van der Waals surface area (Å²) in [5, 5.41) is 10.6. The van der Waals surface area contributed by atoms with Gasteiger partial charge in [0, 0.05) is 11.6 Å². The third-order valence-corrected chi connectivity index (χ3v) is 2.05. The average molecular weight is 221 g/mol. The second kappa shape index (κ2) is 7.41. The molecule has 16 heavy (non-hydrogen) atoms. The second-order valence-corrected chi connectivity index (χ2v) is 3.22. The Kier molecular flexibility index (Phi) is 6.53. The predicted molar refractivity (Wildman–Crippen MR) is 62.2 cm³/mol. The molecule has 0 rings (SSSR count). The summed E-state index contributed by atoms with van der Waals surface area (Å²) in [6.45, 7) is 3.52. The first kappa shape index (κ1) is 14.1. The topological polar surface area (TPSA) is 60.2 Å². The maximum atomic E-state index is 11.3. The fraction of sp³-hybridized carbons (Fsp3) is 0.417. The summed E-state index contributed by atoms with van der Waals surface area (Å²) in [5.74, 6) is 1.51. The van der Waals surface area contributed by atoms with Gasteiger partial charge in [0.25, 0.3) is 5.70 Å². The first-order valence-corrected chi connectivity index (χ1v) is 5.09. The molecule has 0 unspecified atom stereocenters. The number of rotatable bonds is 6. The average Bonchev–Trinajstić information content (AvgIpc) is 2.28.